The largest absolute Gasteiger partial charge is 0.462 e. The molecule has 1 aromatic heterocycles. The molecule has 6 heteroatoms. The summed E-state index contributed by atoms with van der Waals surface area (Å²) in [5.74, 6) is 0.193. The topological polar surface area (TPSA) is 77.5 Å². The molecule has 0 aromatic carbocycles. The molecule has 1 heterocycles. The summed E-state index contributed by atoms with van der Waals surface area (Å²) in [4.78, 5) is 27.5. The number of amides is 1. The highest BCUT2D eigenvalue weighted by Crippen LogP contribution is 2.14. The van der Waals surface area contributed by atoms with Gasteiger partial charge >= 0.3 is 12.1 Å². The van der Waals surface area contributed by atoms with Gasteiger partial charge in [0.2, 0.25) is 0 Å². The Balaban J connectivity index is 2.50. The molecule has 0 aliphatic rings. The minimum absolute atomic E-state index is 0.266. The van der Waals surface area contributed by atoms with Crippen molar-refractivity contribution in [1.29, 1.82) is 0 Å². The highest BCUT2D eigenvalue weighted by Gasteiger charge is 2.12. The first-order chi connectivity index (χ1) is 11.1. The fourth-order valence-electron chi connectivity index (χ4n) is 2.07. The van der Waals surface area contributed by atoms with Crippen LogP contribution in [0.1, 0.15) is 56.8 Å². The summed E-state index contributed by atoms with van der Waals surface area (Å²) in [6, 6.07) is 3.00. The Morgan fingerprint density at radius 2 is 2.04 bits per heavy atom. The predicted molar refractivity (Wildman–Crippen MR) is 88.5 cm³/mol. The van der Waals surface area contributed by atoms with Crippen LogP contribution in [0.15, 0.2) is 18.3 Å². The van der Waals surface area contributed by atoms with Crippen molar-refractivity contribution >= 4 is 17.9 Å². The minimum Gasteiger partial charge on any atom is -0.462 e. The molecule has 1 aromatic rings. The number of anilines is 1. The van der Waals surface area contributed by atoms with Crippen LogP contribution in [-0.2, 0) is 9.47 Å². The number of nitrogens with zero attached hydrogens (tertiary/aromatic N) is 1. The molecule has 0 radical (unpaired) electrons. The molecule has 1 atom stereocenters. The van der Waals surface area contributed by atoms with Crippen LogP contribution in [0.5, 0.6) is 0 Å². The van der Waals surface area contributed by atoms with E-state index >= 15 is 0 Å². The van der Waals surface area contributed by atoms with E-state index in [4.69, 9.17) is 9.47 Å². The van der Waals surface area contributed by atoms with Crippen LogP contribution < -0.4 is 5.32 Å². The number of pyridine rings is 1. The number of hydrogen-bond acceptors (Lipinski definition) is 5. The number of ether oxygens (including phenoxy) is 2. The van der Waals surface area contributed by atoms with Gasteiger partial charge in [0.15, 0.2) is 0 Å². The van der Waals surface area contributed by atoms with Crippen LogP contribution in [0.3, 0.4) is 0 Å². The third-order valence-corrected chi connectivity index (χ3v) is 3.49. The summed E-state index contributed by atoms with van der Waals surface area (Å²) in [5, 5.41) is 2.53. The highest BCUT2D eigenvalue weighted by atomic mass is 16.5. The quantitative estimate of drug-likeness (QED) is 0.695. The summed E-state index contributed by atoms with van der Waals surface area (Å²) >= 11 is 0. The fraction of sp³-hybridized carbons (Fsp3) is 0.588. The van der Waals surface area contributed by atoms with Gasteiger partial charge in [-0.2, -0.15) is 0 Å². The lowest BCUT2D eigenvalue weighted by Gasteiger charge is -2.14. The number of aromatic nitrogens is 1. The zero-order valence-corrected chi connectivity index (χ0v) is 14.1. The van der Waals surface area contributed by atoms with Gasteiger partial charge in [0.05, 0.1) is 18.8 Å². The normalized spacial score (nSPS) is 11.6. The van der Waals surface area contributed by atoms with Crippen LogP contribution in [-0.4, -0.2) is 30.3 Å². The Kier molecular flexibility index (Phi) is 8.72. The number of carbonyl (C=O) groups excluding carboxylic acids is 2. The average molecular weight is 322 g/mol. The highest BCUT2D eigenvalue weighted by molar-refractivity contribution is 5.91. The lowest BCUT2D eigenvalue weighted by atomic mass is 10.0. The SMILES string of the molecule is CCCCC(CC)COC(=O)Nc1cc(C(=O)OCC)ccn1. The Labute approximate surface area is 137 Å². The lowest BCUT2D eigenvalue weighted by molar-refractivity contribution is 0.0526. The first kappa shape index (κ1) is 18.9. The van der Waals surface area contributed by atoms with Crippen molar-refractivity contribution in [2.45, 2.75) is 46.5 Å². The maximum absolute atomic E-state index is 11.8. The molecule has 6 nitrogen and oxygen atoms in total. The summed E-state index contributed by atoms with van der Waals surface area (Å²) in [6.07, 6.45) is 5.17. The van der Waals surface area contributed by atoms with Gasteiger partial charge in [0.1, 0.15) is 5.82 Å². The van der Waals surface area contributed by atoms with E-state index in [1.807, 2.05) is 0 Å². The van der Waals surface area contributed by atoms with E-state index in [0.29, 0.717) is 24.7 Å². The maximum Gasteiger partial charge on any atom is 0.412 e. The zero-order valence-electron chi connectivity index (χ0n) is 14.1. The number of nitrogens with one attached hydrogen (secondary N) is 1. The molecule has 0 bridgehead atoms. The van der Waals surface area contributed by atoms with Crippen LogP contribution in [0.4, 0.5) is 10.6 Å². The van der Waals surface area contributed by atoms with E-state index in [-0.39, 0.29) is 5.82 Å². The average Bonchev–Trinajstić information content (AvgIpc) is 2.55. The van der Waals surface area contributed by atoms with Crippen molar-refractivity contribution in [1.82, 2.24) is 4.98 Å². The van der Waals surface area contributed by atoms with Crippen LogP contribution in [0, 0.1) is 5.92 Å². The zero-order chi connectivity index (χ0) is 17.1. The fourth-order valence-corrected chi connectivity index (χ4v) is 2.07. The Bertz CT molecular complexity index is 505. The number of carbonyl (C=O) groups is 2. The molecule has 0 saturated heterocycles. The Morgan fingerprint density at radius 3 is 2.70 bits per heavy atom. The molecule has 0 aliphatic heterocycles. The van der Waals surface area contributed by atoms with Gasteiger partial charge in [-0.1, -0.05) is 33.1 Å². The summed E-state index contributed by atoms with van der Waals surface area (Å²) < 4.78 is 10.1. The summed E-state index contributed by atoms with van der Waals surface area (Å²) in [7, 11) is 0. The maximum atomic E-state index is 11.8. The van der Waals surface area contributed by atoms with E-state index in [9.17, 15) is 9.59 Å². The van der Waals surface area contributed by atoms with Crippen molar-refractivity contribution in [3.05, 3.63) is 23.9 Å². The Hall–Kier alpha value is -2.11. The molecule has 0 spiro atoms. The van der Waals surface area contributed by atoms with Gasteiger partial charge in [0, 0.05) is 6.20 Å². The first-order valence-electron chi connectivity index (χ1n) is 8.17. The second-order valence-electron chi connectivity index (χ2n) is 5.29. The van der Waals surface area contributed by atoms with Gasteiger partial charge in [-0.3, -0.25) is 5.32 Å². The van der Waals surface area contributed by atoms with Crippen LogP contribution >= 0.6 is 0 Å². The third kappa shape index (κ3) is 7.13. The van der Waals surface area contributed by atoms with E-state index in [1.54, 1.807) is 6.92 Å². The standard InChI is InChI=1S/C17H26N2O4/c1-4-7-8-13(5-2)12-23-17(21)19-15-11-14(9-10-18-15)16(20)22-6-3/h9-11,13H,4-8,12H2,1-3H3,(H,18,19,21). The molecular formula is C17H26N2O4. The van der Waals surface area contributed by atoms with Crippen LogP contribution in [0.25, 0.3) is 0 Å². The molecule has 1 unspecified atom stereocenters. The van der Waals surface area contributed by atoms with Crippen molar-refractivity contribution in [3.8, 4) is 0 Å². The second-order valence-corrected chi connectivity index (χ2v) is 5.29. The molecule has 1 amide bonds. The van der Waals surface area contributed by atoms with E-state index < -0.39 is 12.1 Å². The molecule has 0 saturated carbocycles. The first-order valence-corrected chi connectivity index (χ1v) is 8.17. The minimum atomic E-state index is -0.562. The van der Waals surface area contributed by atoms with E-state index in [2.05, 4.69) is 24.1 Å². The number of unbranched alkanes of at least 4 members (excludes halogenated alkanes) is 1. The lowest BCUT2D eigenvalue weighted by Crippen LogP contribution is -2.19. The van der Waals surface area contributed by atoms with Crippen molar-refractivity contribution in [2.24, 2.45) is 5.92 Å². The summed E-state index contributed by atoms with van der Waals surface area (Å²) in [5.41, 5.74) is 0.339. The molecule has 1 N–H and O–H groups in total. The van der Waals surface area contributed by atoms with Gasteiger partial charge in [-0.15, -0.1) is 0 Å². The monoisotopic (exact) mass is 322 g/mol. The molecule has 128 valence electrons. The molecular weight excluding hydrogens is 296 g/mol. The predicted octanol–water partition coefficient (Wildman–Crippen LogP) is 4.02. The molecule has 23 heavy (non-hydrogen) atoms. The van der Waals surface area contributed by atoms with Crippen molar-refractivity contribution < 1.29 is 19.1 Å². The Morgan fingerprint density at radius 1 is 1.26 bits per heavy atom. The third-order valence-electron chi connectivity index (χ3n) is 3.49. The van der Waals surface area contributed by atoms with Gasteiger partial charge < -0.3 is 9.47 Å². The molecule has 0 aliphatic carbocycles. The summed E-state index contributed by atoms with van der Waals surface area (Å²) in [6.45, 7) is 6.65. The smallest absolute Gasteiger partial charge is 0.412 e. The second kappa shape index (κ2) is 10.6. The molecule has 0 fully saturated rings. The van der Waals surface area contributed by atoms with Crippen molar-refractivity contribution in [3.63, 3.8) is 0 Å². The number of hydrogen-bond donors (Lipinski definition) is 1. The number of rotatable bonds is 9. The van der Waals surface area contributed by atoms with Gasteiger partial charge in [-0.05, 0) is 31.4 Å². The van der Waals surface area contributed by atoms with Crippen LogP contribution in [0.2, 0.25) is 0 Å². The molecule has 1 rings (SSSR count). The van der Waals surface area contributed by atoms with E-state index in [1.165, 1.54) is 18.3 Å². The van der Waals surface area contributed by atoms with Gasteiger partial charge in [0.25, 0.3) is 0 Å². The number of esters is 1. The van der Waals surface area contributed by atoms with Gasteiger partial charge in [-0.25, -0.2) is 14.6 Å². The van der Waals surface area contributed by atoms with Crippen molar-refractivity contribution in [2.75, 3.05) is 18.5 Å². The van der Waals surface area contributed by atoms with E-state index in [0.717, 1.165) is 25.7 Å².